The van der Waals surface area contributed by atoms with E-state index in [0.29, 0.717) is 23.6 Å². The molecule has 0 unspecified atom stereocenters. The Morgan fingerprint density at radius 3 is 2.19 bits per heavy atom. The molecule has 188 valence electrons. The minimum Gasteiger partial charge on any atom is -0.497 e. The van der Waals surface area contributed by atoms with Crippen LogP contribution in [0, 0.1) is 0 Å². The number of aromatic nitrogens is 1. The van der Waals surface area contributed by atoms with E-state index in [0.717, 1.165) is 11.1 Å². The molecule has 0 saturated heterocycles. The number of hydrogen-bond donors (Lipinski definition) is 1. The first-order valence-corrected chi connectivity index (χ1v) is 12.0. The van der Waals surface area contributed by atoms with Crippen molar-refractivity contribution in [3.63, 3.8) is 0 Å². The summed E-state index contributed by atoms with van der Waals surface area (Å²) in [5.74, 6) is 0.682. The Morgan fingerprint density at radius 2 is 1.54 bits per heavy atom. The molecule has 7 heteroatoms. The molecular formula is C30H29N3O4. The van der Waals surface area contributed by atoms with Crippen molar-refractivity contribution in [2.45, 2.75) is 19.1 Å². The molecule has 0 fully saturated rings. The van der Waals surface area contributed by atoms with Crippen molar-refractivity contribution in [1.82, 2.24) is 15.2 Å². The second-order valence-electron chi connectivity index (χ2n) is 8.36. The highest BCUT2D eigenvalue weighted by Gasteiger charge is 2.31. The first-order chi connectivity index (χ1) is 18.1. The maximum atomic E-state index is 13.6. The summed E-state index contributed by atoms with van der Waals surface area (Å²) in [6.45, 7) is 0.293. The Balaban J connectivity index is 1.63. The van der Waals surface area contributed by atoms with Gasteiger partial charge in [-0.2, -0.15) is 0 Å². The molecular weight excluding hydrogens is 466 g/mol. The van der Waals surface area contributed by atoms with Crippen molar-refractivity contribution >= 4 is 11.8 Å². The van der Waals surface area contributed by atoms with Crippen LogP contribution in [0.3, 0.4) is 0 Å². The lowest BCUT2D eigenvalue weighted by atomic mass is 10.0. The van der Waals surface area contributed by atoms with E-state index in [9.17, 15) is 9.59 Å². The maximum Gasteiger partial charge on any atom is 0.261 e. The fourth-order valence-electron chi connectivity index (χ4n) is 3.89. The molecule has 1 heterocycles. The fraction of sp³-hybridized carbons (Fsp3) is 0.167. The van der Waals surface area contributed by atoms with E-state index in [1.807, 2.05) is 84.9 Å². The summed E-state index contributed by atoms with van der Waals surface area (Å²) >= 11 is 0. The molecule has 4 rings (SSSR count). The molecule has 1 aromatic heterocycles. The van der Waals surface area contributed by atoms with Gasteiger partial charge in [0.2, 0.25) is 5.91 Å². The number of carbonyl (C=O) groups excluding carboxylic acids is 2. The van der Waals surface area contributed by atoms with E-state index in [1.165, 1.54) is 0 Å². The van der Waals surface area contributed by atoms with Gasteiger partial charge in [0, 0.05) is 25.5 Å². The number of rotatable bonds is 11. The lowest BCUT2D eigenvalue weighted by Crippen LogP contribution is -2.45. The Kier molecular flexibility index (Phi) is 8.86. The topological polar surface area (TPSA) is 80.8 Å². The predicted molar refractivity (Wildman–Crippen MR) is 141 cm³/mol. The number of amides is 2. The van der Waals surface area contributed by atoms with Crippen molar-refractivity contribution in [3.8, 4) is 11.5 Å². The predicted octanol–water partition coefficient (Wildman–Crippen LogP) is 4.56. The van der Waals surface area contributed by atoms with E-state index in [1.54, 1.807) is 36.5 Å². The van der Waals surface area contributed by atoms with Crippen LogP contribution in [0.1, 0.15) is 22.7 Å². The number of ether oxygens (including phenoxy) is 2. The van der Waals surface area contributed by atoms with Gasteiger partial charge in [-0.25, -0.2) is 0 Å². The monoisotopic (exact) mass is 495 g/mol. The molecule has 0 radical (unpaired) electrons. The number of nitrogens with one attached hydrogen (secondary N) is 1. The standard InChI is InChI=1S/C30H29N3O4/c1-36-26-16-14-23(15-17-26)21-33(28(34)22-37-27-12-6-3-7-13-27)29(25-10-4-2-5-11-25)30(35)32-20-24-9-8-18-31-19-24/h2-19,29H,20-22H2,1H3,(H,32,35)/t29-/m0/s1. The Morgan fingerprint density at radius 1 is 0.838 bits per heavy atom. The van der Waals surface area contributed by atoms with E-state index >= 15 is 0 Å². The molecule has 0 aliphatic carbocycles. The minimum absolute atomic E-state index is 0.209. The normalized spacial score (nSPS) is 11.3. The van der Waals surface area contributed by atoms with Crippen molar-refractivity contribution in [2.24, 2.45) is 0 Å². The van der Waals surface area contributed by atoms with Gasteiger partial charge in [0.15, 0.2) is 6.61 Å². The maximum absolute atomic E-state index is 13.6. The highest BCUT2D eigenvalue weighted by atomic mass is 16.5. The Bertz CT molecular complexity index is 1270. The van der Waals surface area contributed by atoms with Gasteiger partial charge in [-0.05, 0) is 47.0 Å². The molecule has 1 atom stereocenters. The molecule has 37 heavy (non-hydrogen) atoms. The Hall–Kier alpha value is -4.65. The van der Waals surface area contributed by atoms with Gasteiger partial charge < -0.3 is 19.7 Å². The van der Waals surface area contributed by atoms with Gasteiger partial charge in [0.05, 0.1) is 7.11 Å². The largest absolute Gasteiger partial charge is 0.497 e. The van der Waals surface area contributed by atoms with Crippen molar-refractivity contribution in [1.29, 1.82) is 0 Å². The molecule has 0 saturated carbocycles. The van der Waals surface area contributed by atoms with Crippen molar-refractivity contribution in [2.75, 3.05) is 13.7 Å². The first kappa shape index (κ1) is 25.4. The summed E-state index contributed by atoms with van der Waals surface area (Å²) in [4.78, 5) is 32.9. The summed E-state index contributed by atoms with van der Waals surface area (Å²) in [6, 6.07) is 28.7. The quantitative estimate of drug-likeness (QED) is 0.330. The second-order valence-corrected chi connectivity index (χ2v) is 8.36. The van der Waals surface area contributed by atoms with Gasteiger partial charge >= 0.3 is 0 Å². The number of methoxy groups -OCH3 is 1. The first-order valence-electron chi connectivity index (χ1n) is 12.0. The van der Waals surface area contributed by atoms with Gasteiger partial charge in [0.25, 0.3) is 5.91 Å². The summed E-state index contributed by atoms with van der Waals surface area (Å²) in [7, 11) is 1.60. The zero-order chi connectivity index (χ0) is 25.9. The number of para-hydroxylation sites is 1. The van der Waals surface area contributed by atoms with Crippen LogP contribution < -0.4 is 14.8 Å². The van der Waals surface area contributed by atoms with Gasteiger partial charge in [-0.1, -0.05) is 66.7 Å². The second kappa shape index (κ2) is 12.9. The van der Waals surface area contributed by atoms with Crippen LogP contribution >= 0.6 is 0 Å². The molecule has 2 amide bonds. The van der Waals surface area contributed by atoms with E-state index in [4.69, 9.17) is 9.47 Å². The van der Waals surface area contributed by atoms with E-state index < -0.39 is 6.04 Å². The summed E-state index contributed by atoms with van der Waals surface area (Å²) < 4.78 is 11.0. The molecule has 1 N–H and O–H groups in total. The van der Waals surface area contributed by atoms with E-state index in [-0.39, 0.29) is 25.0 Å². The number of benzene rings is 3. The molecule has 3 aromatic carbocycles. The Labute approximate surface area is 216 Å². The zero-order valence-corrected chi connectivity index (χ0v) is 20.6. The third kappa shape index (κ3) is 7.18. The van der Waals surface area contributed by atoms with Gasteiger partial charge in [-0.3, -0.25) is 14.6 Å². The van der Waals surface area contributed by atoms with Crippen LogP contribution in [0.25, 0.3) is 0 Å². The van der Waals surface area contributed by atoms with E-state index in [2.05, 4.69) is 10.3 Å². The van der Waals surface area contributed by atoms with Crippen LogP contribution in [-0.4, -0.2) is 35.4 Å². The number of hydrogen-bond acceptors (Lipinski definition) is 5. The van der Waals surface area contributed by atoms with Crippen LogP contribution in [0.2, 0.25) is 0 Å². The van der Waals surface area contributed by atoms with Gasteiger partial charge in [0.1, 0.15) is 17.5 Å². The highest BCUT2D eigenvalue weighted by molar-refractivity contribution is 5.89. The summed E-state index contributed by atoms with van der Waals surface area (Å²) in [6.07, 6.45) is 3.38. The average Bonchev–Trinajstić information content (AvgIpc) is 2.96. The van der Waals surface area contributed by atoms with Crippen LogP contribution in [0.15, 0.2) is 109 Å². The summed E-state index contributed by atoms with van der Waals surface area (Å²) in [5.41, 5.74) is 2.42. The van der Waals surface area contributed by atoms with Crippen LogP contribution in [0.4, 0.5) is 0 Å². The smallest absolute Gasteiger partial charge is 0.261 e. The highest BCUT2D eigenvalue weighted by Crippen LogP contribution is 2.25. The zero-order valence-electron chi connectivity index (χ0n) is 20.6. The van der Waals surface area contributed by atoms with Crippen molar-refractivity contribution < 1.29 is 19.1 Å². The van der Waals surface area contributed by atoms with Crippen molar-refractivity contribution in [3.05, 3.63) is 126 Å². The summed E-state index contributed by atoms with van der Waals surface area (Å²) in [5, 5.41) is 2.98. The third-order valence-electron chi connectivity index (χ3n) is 5.80. The SMILES string of the molecule is COc1ccc(CN(C(=O)COc2ccccc2)[C@H](C(=O)NCc2cccnc2)c2ccccc2)cc1. The molecule has 0 aliphatic rings. The van der Waals surface area contributed by atoms with Crippen LogP contribution in [0.5, 0.6) is 11.5 Å². The number of nitrogens with zero attached hydrogens (tertiary/aromatic N) is 2. The molecule has 0 bridgehead atoms. The van der Waals surface area contributed by atoms with Crippen LogP contribution in [-0.2, 0) is 22.7 Å². The molecule has 4 aromatic rings. The lowest BCUT2D eigenvalue weighted by molar-refractivity contribution is -0.143. The average molecular weight is 496 g/mol. The van der Waals surface area contributed by atoms with Gasteiger partial charge in [-0.15, -0.1) is 0 Å². The number of carbonyl (C=O) groups is 2. The fourth-order valence-corrected chi connectivity index (χ4v) is 3.89. The molecule has 7 nitrogen and oxygen atoms in total. The lowest BCUT2D eigenvalue weighted by Gasteiger charge is -2.31. The molecule has 0 aliphatic heterocycles. The third-order valence-corrected chi connectivity index (χ3v) is 5.80. The minimum atomic E-state index is -0.869. The number of pyridine rings is 1. The molecule has 0 spiro atoms.